The molecule has 1 saturated carbocycles. The highest BCUT2D eigenvalue weighted by Crippen LogP contribution is 2.57. The van der Waals surface area contributed by atoms with E-state index < -0.39 is 10.0 Å². The molecule has 0 aromatic rings. The van der Waals surface area contributed by atoms with Gasteiger partial charge in [-0.05, 0) is 23.7 Å². The van der Waals surface area contributed by atoms with E-state index in [0.29, 0.717) is 6.54 Å². The molecular formula is C9H19NO2S. The van der Waals surface area contributed by atoms with E-state index in [0.717, 1.165) is 12.8 Å². The van der Waals surface area contributed by atoms with Gasteiger partial charge in [-0.25, -0.2) is 13.1 Å². The first-order valence-electron chi connectivity index (χ1n) is 4.61. The molecule has 78 valence electrons. The second-order valence-electron chi connectivity index (χ2n) is 5.12. The van der Waals surface area contributed by atoms with Crippen LogP contribution in [-0.4, -0.2) is 21.2 Å². The van der Waals surface area contributed by atoms with Crippen LogP contribution in [0, 0.1) is 10.8 Å². The number of sulfonamides is 1. The summed E-state index contributed by atoms with van der Waals surface area (Å²) in [5, 5.41) is 0. The van der Waals surface area contributed by atoms with Gasteiger partial charge in [0.25, 0.3) is 0 Å². The maximum atomic E-state index is 10.9. The van der Waals surface area contributed by atoms with Crippen molar-refractivity contribution in [2.75, 3.05) is 12.8 Å². The van der Waals surface area contributed by atoms with E-state index in [4.69, 9.17) is 0 Å². The van der Waals surface area contributed by atoms with Crippen molar-refractivity contribution in [3.05, 3.63) is 0 Å². The minimum atomic E-state index is -3.03. The van der Waals surface area contributed by atoms with Crippen LogP contribution in [0.15, 0.2) is 0 Å². The number of nitrogens with one attached hydrogen (secondary N) is 1. The maximum absolute atomic E-state index is 10.9. The summed E-state index contributed by atoms with van der Waals surface area (Å²) in [5.74, 6) is 0. The second-order valence-corrected chi connectivity index (χ2v) is 6.96. The van der Waals surface area contributed by atoms with E-state index in [1.54, 1.807) is 0 Å². The van der Waals surface area contributed by atoms with Crippen molar-refractivity contribution in [3.63, 3.8) is 0 Å². The zero-order valence-electron chi connectivity index (χ0n) is 8.85. The normalized spacial score (nSPS) is 21.5. The first kappa shape index (κ1) is 11.0. The Bertz CT molecular complexity index is 283. The van der Waals surface area contributed by atoms with Gasteiger partial charge >= 0.3 is 0 Å². The van der Waals surface area contributed by atoms with Crippen LogP contribution in [0.2, 0.25) is 0 Å². The average Bonchev–Trinajstić information content (AvgIpc) is 2.58. The van der Waals surface area contributed by atoms with Gasteiger partial charge in [0.1, 0.15) is 0 Å². The van der Waals surface area contributed by atoms with E-state index in [1.165, 1.54) is 6.26 Å². The Hall–Kier alpha value is -0.0900. The largest absolute Gasteiger partial charge is 0.215 e. The van der Waals surface area contributed by atoms with Crippen molar-refractivity contribution in [2.24, 2.45) is 10.8 Å². The third-order valence-corrected chi connectivity index (χ3v) is 3.79. The van der Waals surface area contributed by atoms with Crippen molar-refractivity contribution >= 4 is 10.0 Å². The van der Waals surface area contributed by atoms with Crippen LogP contribution >= 0.6 is 0 Å². The molecule has 0 spiro atoms. The zero-order chi connectivity index (χ0) is 10.3. The molecule has 3 nitrogen and oxygen atoms in total. The quantitative estimate of drug-likeness (QED) is 0.756. The topological polar surface area (TPSA) is 46.2 Å². The highest BCUT2D eigenvalue weighted by atomic mass is 32.2. The fourth-order valence-electron chi connectivity index (χ4n) is 1.61. The lowest BCUT2D eigenvalue weighted by molar-refractivity contribution is 0.216. The van der Waals surface area contributed by atoms with Crippen LogP contribution in [-0.2, 0) is 10.0 Å². The molecule has 0 atom stereocenters. The van der Waals surface area contributed by atoms with Crippen molar-refractivity contribution in [2.45, 2.75) is 33.6 Å². The van der Waals surface area contributed by atoms with Crippen LogP contribution in [0.25, 0.3) is 0 Å². The summed E-state index contributed by atoms with van der Waals surface area (Å²) in [6, 6.07) is 0. The first-order valence-corrected chi connectivity index (χ1v) is 6.50. The van der Waals surface area contributed by atoms with E-state index in [2.05, 4.69) is 25.5 Å². The smallest absolute Gasteiger partial charge is 0.208 e. The minimum absolute atomic E-state index is 0.199. The van der Waals surface area contributed by atoms with Crippen molar-refractivity contribution < 1.29 is 8.42 Å². The Kier molecular flexibility index (Phi) is 2.50. The van der Waals surface area contributed by atoms with E-state index >= 15 is 0 Å². The van der Waals surface area contributed by atoms with Crippen molar-refractivity contribution in [1.29, 1.82) is 0 Å². The van der Waals surface area contributed by atoms with Gasteiger partial charge in [0, 0.05) is 6.54 Å². The molecule has 0 amide bonds. The molecule has 1 aliphatic carbocycles. The predicted octanol–water partition coefficient (Wildman–Crippen LogP) is 1.36. The molecule has 1 fully saturated rings. The molecule has 1 rings (SSSR count). The lowest BCUT2D eigenvalue weighted by atomic mass is 9.78. The number of hydrogen-bond donors (Lipinski definition) is 1. The van der Waals surface area contributed by atoms with E-state index in [9.17, 15) is 8.42 Å². The lowest BCUT2D eigenvalue weighted by Crippen LogP contribution is -2.36. The molecule has 0 unspecified atom stereocenters. The Morgan fingerprint density at radius 3 is 2.00 bits per heavy atom. The van der Waals surface area contributed by atoms with Crippen molar-refractivity contribution in [1.82, 2.24) is 4.72 Å². The predicted molar refractivity (Wildman–Crippen MR) is 54.0 cm³/mol. The summed E-state index contributed by atoms with van der Waals surface area (Å²) in [4.78, 5) is 0. The molecule has 0 saturated heterocycles. The first-order chi connectivity index (χ1) is 5.66. The molecule has 0 aliphatic heterocycles. The van der Waals surface area contributed by atoms with E-state index in [-0.39, 0.29) is 10.8 Å². The molecule has 0 radical (unpaired) electrons. The molecule has 0 aromatic heterocycles. The molecular weight excluding hydrogens is 186 g/mol. The van der Waals surface area contributed by atoms with Crippen LogP contribution in [0.4, 0.5) is 0 Å². The molecule has 0 heterocycles. The Balaban J connectivity index is 2.56. The molecule has 0 aromatic carbocycles. The molecule has 0 bridgehead atoms. The van der Waals surface area contributed by atoms with Gasteiger partial charge in [0.05, 0.1) is 6.26 Å². The van der Waals surface area contributed by atoms with Crippen molar-refractivity contribution in [3.8, 4) is 0 Å². The minimum Gasteiger partial charge on any atom is -0.215 e. The van der Waals surface area contributed by atoms with Crippen LogP contribution < -0.4 is 4.72 Å². The van der Waals surface area contributed by atoms with Crippen LogP contribution in [0.5, 0.6) is 0 Å². The summed E-state index contributed by atoms with van der Waals surface area (Å²) >= 11 is 0. The van der Waals surface area contributed by atoms with Crippen LogP contribution in [0.1, 0.15) is 33.6 Å². The van der Waals surface area contributed by atoms with Gasteiger partial charge in [-0.2, -0.15) is 0 Å². The Morgan fingerprint density at radius 2 is 1.77 bits per heavy atom. The number of rotatable bonds is 3. The van der Waals surface area contributed by atoms with E-state index in [1.807, 2.05) is 0 Å². The molecule has 1 aliphatic rings. The van der Waals surface area contributed by atoms with Gasteiger partial charge < -0.3 is 0 Å². The monoisotopic (exact) mass is 205 g/mol. The molecule has 4 heteroatoms. The van der Waals surface area contributed by atoms with Gasteiger partial charge in [-0.1, -0.05) is 20.8 Å². The average molecular weight is 205 g/mol. The summed E-state index contributed by atoms with van der Waals surface area (Å²) in [6.07, 6.45) is 3.49. The summed E-state index contributed by atoms with van der Waals surface area (Å²) in [5.41, 5.74) is 0.404. The van der Waals surface area contributed by atoms with Gasteiger partial charge in [-0.3, -0.25) is 0 Å². The maximum Gasteiger partial charge on any atom is 0.208 e. The third-order valence-electron chi connectivity index (χ3n) is 3.12. The molecule has 13 heavy (non-hydrogen) atoms. The fraction of sp³-hybridized carbons (Fsp3) is 1.00. The Morgan fingerprint density at radius 1 is 1.31 bits per heavy atom. The standard InChI is InChI=1S/C9H19NO2S/c1-8(2,3)9(5-6-9)7-10-13(4,11)12/h10H,5-7H2,1-4H3. The lowest BCUT2D eigenvalue weighted by Gasteiger charge is -2.30. The summed E-state index contributed by atoms with van der Waals surface area (Å²) in [7, 11) is -3.03. The SMILES string of the molecule is CC(C)(C)C1(CNS(C)(=O)=O)CC1. The summed E-state index contributed by atoms with van der Waals surface area (Å²) < 4.78 is 24.4. The fourth-order valence-corrected chi connectivity index (χ4v) is 2.15. The highest BCUT2D eigenvalue weighted by molar-refractivity contribution is 7.88. The van der Waals surface area contributed by atoms with Crippen LogP contribution in [0.3, 0.4) is 0 Å². The summed E-state index contributed by atoms with van der Waals surface area (Å²) in [6.45, 7) is 7.10. The highest BCUT2D eigenvalue weighted by Gasteiger charge is 2.51. The second kappa shape index (κ2) is 2.95. The third kappa shape index (κ3) is 2.68. The van der Waals surface area contributed by atoms with Gasteiger partial charge in [-0.15, -0.1) is 0 Å². The molecule has 1 N–H and O–H groups in total. The van der Waals surface area contributed by atoms with Gasteiger partial charge in [0.2, 0.25) is 10.0 Å². The Labute approximate surface area is 81.0 Å². The number of hydrogen-bond acceptors (Lipinski definition) is 2. The zero-order valence-corrected chi connectivity index (χ0v) is 9.66. The van der Waals surface area contributed by atoms with Gasteiger partial charge in [0.15, 0.2) is 0 Å².